The zero-order chi connectivity index (χ0) is 13.3. The van der Waals surface area contributed by atoms with Crippen LogP contribution in [0.1, 0.15) is 19.8 Å². The highest BCUT2D eigenvalue weighted by Crippen LogP contribution is 2.28. The standard InChI is InChI=1S/C11H22FN3O2S/c1-9-3-4-14(7-9)18(16,17)15-8-10(12)5-11(15)6-13-2/h9-11,13H,3-8H2,1-2H3/t9?,10-,11-/m0/s1. The van der Waals surface area contributed by atoms with Crippen LogP contribution in [0.2, 0.25) is 0 Å². The Kier molecular flexibility index (Phi) is 4.25. The summed E-state index contributed by atoms with van der Waals surface area (Å²) in [5.74, 6) is 0.395. The molecular weight excluding hydrogens is 257 g/mol. The molecule has 2 heterocycles. The van der Waals surface area contributed by atoms with Gasteiger partial charge in [-0.3, -0.25) is 0 Å². The number of halogens is 1. The predicted octanol–water partition coefficient (Wildman–Crippen LogP) is 0.205. The van der Waals surface area contributed by atoms with Gasteiger partial charge in [-0.15, -0.1) is 0 Å². The Bertz CT molecular complexity index is 390. The van der Waals surface area contributed by atoms with Gasteiger partial charge in [0, 0.05) is 32.2 Å². The fourth-order valence-electron chi connectivity index (χ4n) is 2.79. The molecule has 1 unspecified atom stereocenters. The highest BCUT2D eigenvalue weighted by molar-refractivity contribution is 7.86. The van der Waals surface area contributed by atoms with Crippen LogP contribution < -0.4 is 5.32 Å². The SMILES string of the molecule is CNC[C@@H]1C[C@H](F)CN1S(=O)(=O)N1CCC(C)C1. The van der Waals surface area contributed by atoms with E-state index in [0.717, 1.165) is 6.42 Å². The topological polar surface area (TPSA) is 52.7 Å². The number of alkyl halides is 1. The van der Waals surface area contributed by atoms with Gasteiger partial charge in [-0.1, -0.05) is 6.92 Å². The average molecular weight is 279 g/mol. The van der Waals surface area contributed by atoms with Gasteiger partial charge in [-0.25, -0.2) is 4.39 Å². The highest BCUT2D eigenvalue weighted by Gasteiger charge is 2.43. The summed E-state index contributed by atoms with van der Waals surface area (Å²) >= 11 is 0. The van der Waals surface area contributed by atoms with Gasteiger partial charge in [0.25, 0.3) is 10.2 Å². The second-order valence-electron chi connectivity index (χ2n) is 5.37. The summed E-state index contributed by atoms with van der Waals surface area (Å²) in [6, 6.07) is -0.258. The molecule has 0 aromatic heterocycles. The minimum atomic E-state index is -3.49. The lowest BCUT2D eigenvalue weighted by Gasteiger charge is -2.28. The van der Waals surface area contributed by atoms with Crippen LogP contribution in [0.4, 0.5) is 4.39 Å². The van der Waals surface area contributed by atoms with E-state index >= 15 is 0 Å². The van der Waals surface area contributed by atoms with Gasteiger partial charge < -0.3 is 5.32 Å². The minimum Gasteiger partial charge on any atom is -0.318 e. The van der Waals surface area contributed by atoms with Gasteiger partial charge in [0.1, 0.15) is 6.17 Å². The van der Waals surface area contributed by atoms with Crippen LogP contribution in [0, 0.1) is 5.92 Å². The monoisotopic (exact) mass is 279 g/mol. The number of rotatable bonds is 4. The molecule has 2 rings (SSSR count). The summed E-state index contributed by atoms with van der Waals surface area (Å²) in [4.78, 5) is 0. The van der Waals surface area contributed by atoms with Crippen molar-refractivity contribution in [2.75, 3.05) is 33.2 Å². The zero-order valence-electron chi connectivity index (χ0n) is 11.0. The van der Waals surface area contributed by atoms with Crippen molar-refractivity contribution in [1.29, 1.82) is 0 Å². The molecule has 0 spiro atoms. The summed E-state index contributed by atoms with van der Waals surface area (Å²) in [7, 11) is -1.73. The van der Waals surface area contributed by atoms with Crippen LogP contribution >= 0.6 is 0 Å². The molecule has 2 aliphatic heterocycles. The third-order valence-electron chi connectivity index (χ3n) is 3.76. The Balaban J connectivity index is 2.13. The van der Waals surface area contributed by atoms with Crippen LogP contribution in [-0.2, 0) is 10.2 Å². The molecule has 5 nitrogen and oxygen atoms in total. The van der Waals surface area contributed by atoms with Crippen molar-refractivity contribution in [3.05, 3.63) is 0 Å². The molecule has 2 aliphatic rings. The van der Waals surface area contributed by atoms with E-state index in [9.17, 15) is 12.8 Å². The van der Waals surface area contributed by atoms with Crippen molar-refractivity contribution in [3.8, 4) is 0 Å². The van der Waals surface area contributed by atoms with Gasteiger partial charge in [-0.2, -0.15) is 17.0 Å². The number of hydrogen-bond donors (Lipinski definition) is 1. The van der Waals surface area contributed by atoms with Crippen LogP contribution in [0.15, 0.2) is 0 Å². The van der Waals surface area contributed by atoms with E-state index < -0.39 is 16.4 Å². The van der Waals surface area contributed by atoms with E-state index in [1.165, 1.54) is 8.61 Å². The van der Waals surface area contributed by atoms with Crippen LogP contribution in [0.3, 0.4) is 0 Å². The maximum absolute atomic E-state index is 13.5. The molecule has 0 aromatic carbocycles. The molecule has 0 aliphatic carbocycles. The maximum Gasteiger partial charge on any atom is 0.282 e. The average Bonchev–Trinajstić information content (AvgIpc) is 2.86. The molecule has 0 saturated carbocycles. The maximum atomic E-state index is 13.5. The van der Waals surface area contributed by atoms with Crippen molar-refractivity contribution in [3.63, 3.8) is 0 Å². The van der Waals surface area contributed by atoms with E-state index in [1.807, 2.05) is 6.92 Å². The van der Waals surface area contributed by atoms with Gasteiger partial charge >= 0.3 is 0 Å². The van der Waals surface area contributed by atoms with Crippen molar-refractivity contribution < 1.29 is 12.8 Å². The lowest BCUT2D eigenvalue weighted by atomic mass is 10.2. The van der Waals surface area contributed by atoms with Crippen LogP contribution in [0.5, 0.6) is 0 Å². The number of likely N-dealkylation sites (N-methyl/N-ethyl adjacent to an activating group) is 1. The third kappa shape index (κ3) is 2.68. The molecule has 0 bridgehead atoms. The summed E-state index contributed by atoms with van der Waals surface area (Å²) in [5, 5.41) is 2.94. The Labute approximate surface area is 109 Å². The smallest absolute Gasteiger partial charge is 0.282 e. The zero-order valence-corrected chi connectivity index (χ0v) is 11.8. The summed E-state index contributed by atoms with van der Waals surface area (Å²) in [6.45, 7) is 3.66. The van der Waals surface area contributed by atoms with E-state index in [4.69, 9.17) is 0 Å². The molecule has 106 valence electrons. The van der Waals surface area contributed by atoms with Crippen molar-refractivity contribution in [2.24, 2.45) is 5.92 Å². The molecule has 2 fully saturated rings. The largest absolute Gasteiger partial charge is 0.318 e. The number of hydrogen-bond acceptors (Lipinski definition) is 3. The minimum absolute atomic E-state index is 0.000436. The lowest BCUT2D eigenvalue weighted by molar-refractivity contribution is 0.322. The molecular formula is C11H22FN3O2S. The van der Waals surface area contributed by atoms with E-state index in [2.05, 4.69) is 5.32 Å². The summed E-state index contributed by atoms with van der Waals surface area (Å²) in [6.07, 6.45) is 0.143. The molecule has 2 saturated heterocycles. The predicted molar refractivity (Wildman–Crippen MR) is 68.2 cm³/mol. The Morgan fingerprint density at radius 1 is 1.39 bits per heavy atom. The quantitative estimate of drug-likeness (QED) is 0.800. The fraction of sp³-hybridized carbons (Fsp3) is 1.00. The van der Waals surface area contributed by atoms with Crippen molar-refractivity contribution in [2.45, 2.75) is 32.0 Å². The molecule has 7 heteroatoms. The number of nitrogens with zero attached hydrogens (tertiary/aromatic N) is 2. The van der Waals surface area contributed by atoms with E-state index in [-0.39, 0.29) is 12.6 Å². The first-order chi connectivity index (χ1) is 8.45. The Hall–Kier alpha value is -0.240. The summed E-state index contributed by atoms with van der Waals surface area (Å²) < 4.78 is 41.3. The first kappa shape index (κ1) is 14.2. The van der Waals surface area contributed by atoms with Gasteiger partial charge in [0.2, 0.25) is 0 Å². The van der Waals surface area contributed by atoms with Crippen LogP contribution in [-0.4, -0.2) is 62.5 Å². The fourth-order valence-corrected chi connectivity index (χ4v) is 4.75. The molecule has 1 N–H and O–H groups in total. The number of nitrogens with one attached hydrogen (secondary N) is 1. The van der Waals surface area contributed by atoms with Gasteiger partial charge in [0.05, 0.1) is 0 Å². The van der Waals surface area contributed by atoms with Crippen molar-refractivity contribution >= 4 is 10.2 Å². The van der Waals surface area contributed by atoms with E-state index in [1.54, 1.807) is 7.05 Å². The highest BCUT2D eigenvalue weighted by atomic mass is 32.2. The van der Waals surface area contributed by atoms with E-state index in [0.29, 0.717) is 32.0 Å². The van der Waals surface area contributed by atoms with Crippen LogP contribution in [0.25, 0.3) is 0 Å². The van der Waals surface area contributed by atoms with Crippen molar-refractivity contribution in [1.82, 2.24) is 13.9 Å². The van der Waals surface area contributed by atoms with Gasteiger partial charge in [-0.05, 0) is 25.8 Å². The molecule has 0 aromatic rings. The molecule has 0 radical (unpaired) electrons. The van der Waals surface area contributed by atoms with Gasteiger partial charge in [0.15, 0.2) is 0 Å². The Morgan fingerprint density at radius 3 is 2.67 bits per heavy atom. The second-order valence-corrected chi connectivity index (χ2v) is 7.25. The first-order valence-electron chi connectivity index (χ1n) is 6.50. The second kappa shape index (κ2) is 5.40. The Morgan fingerprint density at radius 2 is 2.11 bits per heavy atom. The molecule has 0 amide bonds. The third-order valence-corrected chi connectivity index (χ3v) is 5.79. The normalized spacial score (nSPS) is 35.4. The molecule has 18 heavy (non-hydrogen) atoms. The lowest BCUT2D eigenvalue weighted by Crippen LogP contribution is -2.47. The molecule has 3 atom stereocenters. The summed E-state index contributed by atoms with van der Waals surface area (Å²) in [5.41, 5.74) is 0. The first-order valence-corrected chi connectivity index (χ1v) is 7.90.